The number of nitrogens with zero attached hydrogens (tertiary/aromatic N) is 2. The molecule has 1 aliphatic heterocycles. The molecule has 1 aromatic rings. The van der Waals surface area contributed by atoms with E-state index in [0.29, 0.717) is 26.2 Å². The molecular weight excluding hydrogens is 296 g/mol. The monoisotopic (exact) mass is 320 g/mol. The van der Waals surface area contributed by atoms with Crippen LogP contribution >= 0.6 is 0 Å². The van der Waals surface area contributed by atoms with Crippen LogP contribution in [0, 0.1) is 13.8 Å². The van der Waals surface area contributed by atoms with Crippen molar-refractivity contribution in [2.45, 2.75) is 26.9 Å². The highest BCUT2D eigenvalue weighted by Gasteiger charge is 2.26. The molecule has 1 atom stereocenters. The van der Waals surface area contributed by atoms with Crippen LogP contribution < -0.4 is 4.74 Å². The molecule has 1 aromatic carbocycles. The summed E-state index contributed by atoms with van der Waals surface area (Å²) in [7, 11) is 0. The van der Waals surface area contributed by atoms with Crippen LogP contribution in [0.2, 0.25) is 0 Å². The third-order valence-corrected chi connectivity index (χ3v) is 4.04. The van der Waals surface area contributed by atoms with E-state index < -0.39 is 12.1 Å². The molecule has 1 heterocycles. The quantitative estimate of drug-likeness (QED) is 0.885. The maximum absolute atomic E-state index is 12.5. The van der Waals surface area contributed by atoms with Gasteiger partial charge in [0.15, 0.2) is 6.10 Å². The van der Waals surface area contributed by atoms with Gasteiger partial charge in [0.1, 0.15) is 5.75 Å². The number of carbonyl (C=O) groups is 2. The first-order valence-corrected chi connectivity index (χ1v) is 7.83. The van der Waals surface area contributed by atoms with Gasteiger partial charge in [-0.15, -0.1) is 0 Å². The topological polar surface area (TPSA) is 70.1 Å². The second-order valence-electron chi connectivity index (χ2n) is 6.02. The number of hydrogen-bond donors (Lipinski definition) is 1. The molecule has 0 aliphatic carbocycles. The maximum Gasteiger partial charge on any atom is 0.317 e. The molecular formula is C17H24N2O4. The molecule has 0 saturated carbocycles. The summed E-state index contributed by atoms with van der Waals surface area (Å²) < 4.78 is 5.83. The minimum atomic E-state index is -0.837. The first kappa shape index (κ1) is 17.3. The highest BCUT2D eigenvalue weighted by Crippen LogP contribution is 2.21. The molecule has 0 unspecified atom stereocenters. The second-order valence-corrected chi connectivity index (χ2v) is 6.02. The SMILES string of the molecule is Cc1ccc(C)c(O[C@@H](C)C(=O)N2CCN(CC(=O)O)CC2)c1. The Balaban J connectivity index is 1.90. The van der Waals surface area contributed by atoms with Gasteiger partial charge in [-0.25, -0.2) is 0 Å². The number of hydrogen-bond acceptors (Lipinski definition) is 4. The third-order valence-electron chi connectivity index (χ3n) is 4.04. The lowest BCUT2D eigenvalue weighted by Crippen LogP contribution is -2.52. The Morgan fingerprint density at radius 1 is 1.22 bits per heavy atom. The molecule has 1 N–H and O–H groups in total. The Morgan fingerprint density at radius 2 is 1.87 bits per heavy atom. The van der Waals surface area contributed by atoms with Crippen LogP contribution in [0.4, 0.5) is 0 Å². The third kappa shape index (κ3) is 4.69. The van der Waals surface area contributed by atoms with Crippen LogP contribution in [0.1, 0.15) is 18.1 Å². The number of rotatable bonds is 5. The van der Waals surface area contributed by atoms with E-state index in [1.165, 1.54) is 0 Å². The van der Waals surface area contributed by atoms with Crippen LogP contribution in [0.5, 0.6) is 5.75 Å². The Morgan fingerprint density at radius 3 is 2.48 bits per heavy atom. The highest BCUT2D eigenvalue weighted by molar-refractivity contribution is 5.81. The van der Waals surface area contributed by atoms with E-state index in [0.717, 1.165) is 16.9 Å². The number of carbonyl (C=O) groups excluding carboxylic acids is 1. The fraction of sp³-hybridized carbons (Fsp3) is 0.529. The average molecular weight is 320 g/mol. The fourth-order valence-electron chi connectivity index (χ4n) is 2.65. The van der Waals surface area contributed by atoms with E-state index in [9.17, 15) is 9.59 Å². The van der Waals surface area contributed by atoms with Crippen molar-refractivity contribution in [3.63, 3.8) is 0 Å². The molecule has 126 valence electrons. The zero-order valence-electron chi connectivity index (χ0n) is 13.9. The van der Waals surface area contributed by atoms with Crippen molar-refractivity contribution < 1.29 is 19.4 Å². The van der Waals surface area contributed by atoms with Crippen LogP contribution in [0.25, 0.3) is 0 Å². The lowest BCUT2D eigenvalue weighted by molar-refractivity contribution is -0.141. The van der Waals surface area contributed by atoms with Crippen molar-refractivity contribution in [1.29, 1.82) is 0 Å². The number of ether oxygens (including phenoxy) is 1. The lowest BCUT2D eigenvalue weighted by Gasteiger charge is -2.35. The normalized spacial score (nSPS) is 16.9. The first-order chi connectivity index (χ1) is 10.9. The average Bonchev–Trinajstić information content (AvgIpc) is 2.50. The van der Waals surface area contributed by atoms with E-state index in [1.807, 2.05) is 36.9 Å². The summed E-state index contributed by atoms with van der Waals surface area (Å²) in [5.41, 5.74) is 2.09. The zero-order valence-corrected chi connectivity index (χ0v) is 13.9. The predicted octanol–water partition coefficient (Wildman–Crippen LogP) is 1.30. The highest BCUT2D eigenvalue weighted by atomic mass is 16.5. The van der Waals surface area contributed by atoms with Crippen molar-refractivity contribution in [3.8, 4) is 5.75 Å². The summed E-state index contributed by atoms with van der Waals surface area (Å²) in [6, 6.07) is 5.92. The van der Waals surface area contributed by atoms with Crippen LogP contribution in [-0.2, 0) is 9.59 Å². The van der Waals surface area contributed by atoms with Crippen LogP contribution in [-0.4, -0.2) is 65.6 Å². The minimum Gasteiger partial charge on any atom is -0.481 e. The van der Waals surface area contributed by atoms with Gasteiger partial charge in [0, 0.05) is 26.2 Å². The number of carboxylic acids is 1. The van der Waals surface area contributed by atoms with Crippen molar-refractivity contribution in [1.82, 2.24) is 9.80 Å². The van der Waals surface area contributed by atoms with Crippen molar-refractivity contribution in [3.05, 3.63) is 29.3 Å². The smallest absolute Gasteiger partial charge is 0.317 e. The summed E-state index contributed by atoms with van der Waals surface area (Å²) in [6.07, 6.45) is -0.554. The lowest BCUT2D eigenvalue weighted by atomic mass is 10.1. The summed E-state index contributed by atoms with van der Waals surface area (Å²) in [4.78, 5) is 26.8. The molecule has 0 bridgehead atoms. The molecule has 1 amide bonds. The van der Waals surface area contributed by atoms with Gasteiger partial charge in [-0.3, -0.25) is 14.5 Å². The van der Waals surface area contributed by atoms with Gasteiger partial charge in [-0.05, 0) is 38.0 Å². The van der Waals surface area contributed by atoms with Gasteiger partial charge < -0.3 is 14.7 Å². The van der Waals surface area contributed by atoms with E-state index >= 15 is 0 Å². The number of benzene rings is 1. The van der Waals surface area contributed by atoms with E-state index in [2.05, 4.69) is 0 Å². The van der Waals surface area contributed by atoms with E-state index in [4.69, 9.17) is 9.84 Å². The van der Waals surface area contributed by atoms with E-state index in [-0.39, 0.29) is 12.5 Å². The molecule has 6 heteroatoms. The Hall–Kier alpha value is -2.08. The number of piperazine rings is 1. The standard InChI is InChI=1S/C17H24N2O4/c1-12-4-5-13(2)15(10-12)23-14(3)17(22)19-8-6-18(7-9-19)11-16(20)21/h4-5,10,14H,6-9,11H2,1-3H3,(H,20,21)/t14-/m0/s1. The molecule has 0 radical (unpaired) electrons. The van der Waals surface area contributed by atoms with Gasteiger partial charge >= 0.3 is 5.97 Å². The van der Waals surface area contributed by atoms with Crippen LogP contribution in [0.3, 0.4) is 0 Å². The summed E-state index contributed by atoms with van der Waals surface area (Å²) in [6.45, 7) is 7.95. The fourth-order valence-corrected chi connectivity index (χ4v) is 2.65. The van der Waals surface area contributed by atoms with Crippen LogP contribution in [0.15, 0.2) is 18.2 Å². The molecule has 0 aromatic heterocycles. The number of aliphatic carboxylic acids is 1. The van der Waals surface area contributed by atoms with Gasteiger partial charge in [0.25, 0.3) is 5.91 Å². The van der Waals surface area contributed by atoms with Gasteiger partial charge in [-0.2, -0.15) is 0 Å². The molecule has 1 saturated heterocycles. The summed E-state index contributed by atoms with van der Waals surface area (Å²) >= 11 is 0. The molecule has 2 rings (SSSR count). The molecule has 1 fully saturated rings. The predicted molar refractivity (Wildman–Crippen MR) is 86.7 cm³/mol. The second kappa shape index (κ2) is 7.46. The summed E-state index contributed by atoms with van der Waals surface area (Å²) in [5.74, 6) is -0.160. The van der Waals surface area contributed by atoms with Gasteiger partial charge in [0.05, 0.1) is 6.54 Å². The van der Waals surface area contributed by atoms with Gasteiger partial charge in [-0.1, -0.05) is 12.1 Å². The zero-order chi connectivity index (χ0) is 17.0. The van der Waals surface area contributed by atoms with E-state index in [1.54, 1.807) is 11.8 Å². The summed E-state index contributed by atoms with van der Waals surface area (Å²) in [5, 5.41) is 8.80. The number of aryl methyl sites for hydroxylation is 2. The molecule has 6 nitrogen and oxygen atoms in total. The van der Waals surface area contributed by atoms with Crippen molar-refractivity contribution in [2.75, 3.05) is 32.7 Å². The Bertz CT molecular complexity index is 580. The Labute approximate surface area is 136 Å². The maximum atomic E-state index is 12.5. The van der Waals surface area contributed by atoms with Crippen molar-refractivity contribution >= 4 is 11.9 Å². The Kier molecular flexibility index (Phi) is 5.60. The minimum absolute atomic E-state index is 0.0244. The molecule has 0 spiro atoms. The van der Waals surface area contributed by atoms with Gasteiger partial charge in [0.2, 0.25) is 0 Å². The largest absolute Gasteiger partial charge is 0.481 e. The number of amides is 1. The number of carboxylic acid groups (broad SMARTS) is 1. The van der Waals surface area contributed by atoms with Crippen molar-refractivity contribution in [2.24, 2.45) is 0 Å². The molecule has 1 aliphatic rings. The molecule has 23 heavy (non-hydrogen) atoms. The first-order valence-electron chi connectivity index (χ1n) is 7.83.